The number of anilines is 1. The lowest BCUT2D eigenvalue weighted by Gasteiger charge is -2.46. The van der Waals surface area contributed by atoms with Gasteiger partial charge in [-0.05, 0) is 40.3 Å². The van der Waals surface area contributed by atoms with Crippen molar-refractivity contribution in [3.05, 3.63) is 99.8 Å². The molecule has 3 aromatic rings. The Hall–Kier alpha value is -3.32. The van der Waals surface area contributed by atoms with E-state index >= 15 is 0 Å². The molecule has 7 rings (SSSR count). The van der Waals surface area contributed by atoms with Crippen LogP contribution in [0.5, 0.6) is 0 Å². The first-order chi connectivity index (χ1) is 15.5. The molecule has 6 heteroatoms. The predicted octanol–water partition coefficient (Wildman–Crippen LogP) is 3.05. The van der Waals surface area contributed by atoms with E-state index in [0.29, 0.717) is 5.69 Å². The second kappa shape index (κ2) is 6.84. The number of rotatable bonds is 3. The topological polar surface area (TPSA) is 85.1 Å². The summed E-state index contributed by atoms with van der Waals surface area (Å²) in [6.07, 6.45) is 0.904. The number of amides is 2. The van der Waals surface area contributed by atoms with Crippen molar-refractivity contribution in [2.45, 2.75) is 25.2 Å². The molecular formula is C26H22N2O4. The van der Waals surface area contributed by atoms with E-state index in [4.69, 9.17) is 0 Å². The molecule has 1 aliphatic heterocycles. The number of imide groups is 1. The number of benzene rings is 3. The van der Waals surface area contributed by atoms with Crippen LogP contribution in [0.15, 0.2) is 66.7 Å². The number of quaternary nitrogens is 1. The fourth-order valence-corrected chi connectivity index (χ4v) is 6.03. The van der Waals surface area contributed by atoms with Crippen LogP contribution in [0.25, 0.3) is 0 Å². The van der Waals surface area contributed by atoms with E-state index in [1.54, 1.807) is 12.1 Å². The van der Waals surface area contributed by atoms with Crippen LogP contribution in [0, 0.1) is 17.0 Å². The molecule has 1 saturated heterocycles. The van der Waals surface area contributed by atoms with Crippen molar-refractivity contribution < 1.29 is 20.0 Å². The first kappa shape index (κ1) is 19.4. The summed E-state index contributed by atoms with van der Waals surface area (Å²) in [5.41, 5.74) is 6.13. The average Bonchev–Trinajstić information content (AvgIpc) is 3.09. The number of aryl methyl sites for hydroxylation is 1. The maximum Gasteiger partial charge on any atom is 0.238 e. The van der Waals surface area contributed by atoms with Gasteiger partial charge in [0.25, 0.3) is 0 Å². The lowest BCUT2D eigenvalue weighted by atomic mass is 9.55. The number of carbonyl (C=O) groups is 2. The first-order valence-corrected chi connectivity index (χ1v) is 10.9. The molecule has 0 spiro atoms. The van der Waals surface area contributed by atoms with E-state index in [1.165, 1.54) is 22.6 Å². The van der Waals surface area contributed by atoms with Crippen LogP contribution in [0.2, 0.25) is 0 Å². The van der Waals surface area contributed by atoms with Gasteiger partial charge < -0.3 is 5.21 Å². The van der Waals surface area contributed by atoms with Crippen molar-refractivity contribution in [2.24, 2.45) is 11.8 Å². The van der Waals surface area contributed by atoms with Gasteiger partial charge in [0, 0.05) is 24.0 Å². The number of hydrogen-bond acceptors (Lipinski definition) is 4. The Morgan fingerprint density at radius 2 is 1.47 bits per heavy atom. The first-order valence-electron chi connectivity index (χ1n) is 10.9. The molecule has 3 aliphatic carbocycles. The van der Waals surface area contributed by atoms with Crippen LogP contribution in [0.1, 0.15) is 46.6 Å². The highest BCUT2D eigenvalue weighted by molar-refractivity contribution is 6.23. The van der Waals surface area contributed by atoms with Gasteiger partial charge in [0.15, 0.2) is 5.69 Å². The molecule has 0 aromatic heterocycles. The molecule has 6 nitrogen and oxygen atoms in total. The minimum atomic E-state index is -1.09. The smallest absolute Gasteiger partial charge is 0.238 e. The summed E-state index contributed by atoms with van der Waals surface area (Å²) in [6.45, 7) is 2.11. The SMILES string of the molecule is CCc1ccc2c(c1)[C@@H]1c3ccccc3[C@@H]2[C@@H]2C(=O)N(c3cccc([NH+]([O-])O)c3)C(=O)[C@H]12. The van der Waals surface area contributed by atoms with Gasteiger partial charge in [-0.25, -0.2) is 10.1 Å². The number of nitrogens with one attached hydrogen (secondary N) is 1. The van der Waals surface area contributed by atoms with Crippen LogP contribution in [-0.4, -0.2) is 17.0 Å². The summed E-state index contributed by atoms with van der Waals surface area (Å²) in [4.78, 5) is 28.7. The Kier molecular flexibility index (Phi) is 4.14. The highest BCUT2D eigenvalue weighted by Crippen LogP contribution is 2.61. The minimum Gasteiger partial charge on any atom is -0.595 e. The molecule has 2 bridgehead atoms. The van der Waals surface area contributed by atoms with Gasteiger partial charge in [-0.2, -0.15) is 5.23 Å². The summed E-state index contributed by atoms with van der Waals surface area (Å²) in [6, 6.07) is 20.7. The summed E-state index contributed by atoms with van der Waals surface area (Å²) in [7, 11) is 0. The van der Waals surface area contributed by atoms with Crippen LogP contribution >= 0.6 is 0 Å². The Morgan fingerprint density at radius 1 is 0.844 bits per heavy atom. The van der Waals surface area contributed by atoms with Crippen LogP contribution in [-0.2, 0) is 16.0 Å². The van der Waals surface area contributed by atoms with Gasteiger partial charge in [-0.3, -0.25) is 9.59 Å². The number of nitrogens with zero attached hydrogens (tertiary/aromatic N) is 1. The van der Waals surface area contributed by atoms with Crippen LogP contribution in [0.3, 0.4) is 0 Å². The zero-order chi connectivity index (χ0) is 22.1. The van der Waals surface area contributed by atoms with Gasteiger partial charge in [0.1, 0.15) is 0 Å². The maximum atomic E-state index is 13.8. The second-order valence-electron chi connectivity index (χ2n) is 8.82. The Balaban J connectivity index is 1.53. The van der Waals surface area contributed by atoms with Gasteiger partial charge in [0.2, 0.25) is 11.8 Å². The number of carbonyl (C=O) groups excluding carboxylic acids is 2. The molecule has 1 heterocycles. The fourth-order valence-electron chi connectivity index (χ4n) is 6.03. The van der Waals surface area contributed by atoms with E-state index in [0.717, 1.165) is 28.7 Å². The molecule has 32 heavy (non-hydrogen) atoms. The lowest BCUT2D eigenvalue weighted by molar-refractivity contribution is -0.991. The zero-order valence-corrected chi connectivity index (χ0v) is 17.5. The van der Waals surface area contributed by atoms with Crippen LogP contribution in [0.4, 0.5) is 11.4 Å². The maximum absolute atomic E-state index is 13.8. The molecule has 0 radical (unpaired) electrons. The molecule has 4 aliphatic rings. The van der Waals surface area contributed by atoms with Crippen molar-refractivity contribution in [1.82, 2.24) is 0 Å². The van der Waals surface area contributed by atoms with E-state index in [9.17, 15) is 20.0 Å². The van der Waals surface area contributed by atoms with Gasteiger partial charge in [-0.15, -0.1) is 0 Å². The van der Waals surface area contributed by atoms with E-state index in [-0.39, 0.29) is 29.3 Å². The molecular weight excluding hydrogens is 404 g/mol. The summed E-state index contributed by atoms with van der Waals surface area (Å²) in [5.74, 6) is -1.78. The molecule has 2 N–H and O–H groups in total. The monoisotopic (exact) mass is 426 g/mol. The normalized spacial score (nSPS) is 26.0. The third kappa shape index (κ3) is 2.45. The fraction of sp³-hybridized carbons (Fsp3) is 0.231. The number of hydrogen-bond donors (Lipinski definition) is 2. The summed E-state index contributed by atoms with van der Waals surface area (Å²) < 4.78 is 0. The van der Waals surface area contributed by atoms with Gasteiger partial charge >= 0.3 is 0 Å². The van der Waals surface area contributed by atoms with Crippen molar-refractivity contribution >= 4 is 23.2 Å². The Labute approximate surface area is 185 Å². The minimum absolute atomic E-state index is 0.0557. The standard InChI is InChI=1S/C26H22N2O4/c1-2-14-10-11-19-20(12-14)22-18-9-4-3-8-17(18)21(19)23-24(22)26(30)27(25(23)29)15-6-5-7-16(13-15)28(31)32/h3-13,21-24,28,31H,2H2,1H3/t21-,22-,23-,24+/m0/s1. The third-order valence-corrected chi connectivity index (χ3v) is 7.36. The average molecular weight is 426 g/mol. The highest BCUT2D eigenvalue weighted by Gasteiger charge is 2.61. The second-order valence-corrected chi connectivity index (χ2v) is 8.82. The predicted molar refractivity (Wildman–Crippen MR) is 118 cm³/mol. The highest BCUT2D eigenvalue weighted by atomic mass is 16.8. The Bertz CT molecular complexity index is 1280. The van der Waals surface area contributed by atoms with Crippen molar-refractivity contribution in [3.8, 4) is 0 Å². The largest absolute Gasteiger partial charge is 0.595 e. The quantitative estimate of drug-likeness (QED) is 0.498. The molecule has 5 atom stereocenters. The molecule has 160 valence electrons. The molecule has 2 amide bonds. The lowest BCUT2D eigenvalue weighted by Crippen LogP contribution is -2.99. The van der Waals surface area contributed by atoms with Crippen LogP contribution < -0.4 is 10.1 Å². The molecule has 1 unspecified atom stereocenters. The summed E-state index contributed by atoms with van der Waals surface area (Å²) in [5, 5.41) is 19.8. The van der Waals surface area contributed by atoms with E-state index < -0.39 is 17.1 Å². The summed E-state index contributed by atoms with van der Waals surface area (Å²) >= 11 is 0. The third-order valence-electron chi connectivity index (χ3n) is 7.36. The van der Waals surface area contributed by atoms with E-state index in [1.807, 2.05) is 12.1 Å². The Morgan fingerprint density at radius 3 is 2.09 bits per heavy atom. The molecule has 0 saturated carbocycles. The van der Waals surface area contributed by atoms with Gasteiger partial charge in [-0.1, -0.05) is 55.5 Å². The molecule has 1 fully saturated rings. The van der Waals surface area contributed by atoms with Crippen molar-refractivity contribution in [3.63, 3.8) is 0 Å². The van der Waals surface area contributed by atoms with Crippen molar-refractivity contribution in [2.75, 3.05) is 4.90 Å². The molecule has 3 aromatic carbocycles. The van der Waals surface area contributed by atoms with E-state index in [2.05, 4.69) is 37.3 Å². The van der Waals surface area contributed by atoms with Crippen molar-refractivity contribution in [1.29, 1.82) is 0 Å². The van der Waals surface area contributed by atoms with Gasteiger partial charge in [0.05, 0.1) is 17.5 Å². The zero-order valence-electron chi connectivity index (χ0n) is 17.5.